The topological polar surface area (TPSA) is 84.2 Å². The maximum Gasteiger partial charge on any atom is 0.354 e. The predicted molar refractivity (Wildman–Crippen MR) is 50.9 cm³/mol. The number of carbonyl (C=O) groups excluding carboxylic acids is 1. The number of imidazole rings is 1. The number of nitrogens with one attached hydrogen (secondary N) is 1. The third kappa shape index (κ3) is 1.52. The van der Waals surface area contributed by atoms with Crippen molar-refractivity contribution < 1.29 is 14.7 Å². The molecule has 0 saturated heterocycles. The van der Waals surface area contributed by atoms with Crippen LogP contribution in [0.15, 0.2) is 0 Å². The average Bonchev–Trinajstić information content (AvgIpc) is 2.56. The predicted octanol–water partition coefficient (Wildman–Crippen LogP) is -0.113. The third-order valence-corrected chi connectivity index (χ3v) is 2.38. The summed E-state index contributed by atoms with van der Waals surface area (Å²) in [5, 5.41) is 12.1. The Labute approximate surface area is 85.9 Å². The summed E-state index contributed by atoms with van der Waals surface area (Å²) in [4.78, 5) is 26.3. The lowest BCUT2D eigenvalue weighted by molar-refractivity contribution is 0.0679. The molecular formula is C9H11N3O3. The molecule has 0 bridgehead atoms. The number of carboxylic acid groups (broad SMARTS) is 1. The minimum Gasteiger partial charge on any atom is -0.477 e. The fourth-order valence-corrected chi connectivity index (χ4v) is 1.73. The molecule has 0 unspecified atom stereocenters. The van der Waals surface area contributed by atoms with Crippen LogP contribution in [0.3, 0.4) is 0 Å². The molecule has 15 heavy (non-hydrogen) atoms. The summed E-state index contributed by atoms with van der Waals surface area (Å²) in [5.74, 6) is -0.793. The van der Waals surface area contributed by atoms with Gasteiger partial charge in [-0.2, -0.15) is 0 Å². The van der Waals surface area contributed by atoms with Crippen LogP contribution in [0.25, 0.3) is 0 Å². The van der Waals surface area contributed by atoms with Crippen molar-refractivity contribution in [3.8, 4) is 0 Å². The van der Waals surface area contributed by atoms with Crippen molar-refractivity contribution in [2.45, 2.75) is 20.0 Å². The number of Topliss-reactive ketones (excluding diaryl/α,β-unsaturated/α-hetero) is 1. The first-order valence-corrected chi connectivity index (χ1v) is 4.65. The van der Waals surface area contributed by atoms with Crippen LogP contribution >= 0.6 is 0 Å². The number of ketones is 1. The van der Waals surface area contributed by atoms with Gasteiger partial charge in [-0.3, -0.25) is 4.79 Å². The van der Waals surface area contributed by atoms with Crippen LogP contribution in [0.1, 0.15) is 33.7 Å². The van der Waals surface area contributed by atoms with Crippen molar-refractivity contribution in [2.75, 3.05) is 6.54 Å². The van der Waals surface area contributed by atoms with E-state index in [-0.39, 0.29) is 17.2 Å². The number of hydrogen-bond acceptors (Lipinski definition) is 4. The zero-order chi connectivity index (χ0) is 11.0. The van der Waals surface area contributed by atoms with E-state index in [1.54, 1.807) is 4.57 Å². The van der Waals surface area contributed by atoms with E-state index in [0.717, 1.165) is 0 Å². The molecule has 0 radical (unpaired) electrons. The Bertz CT molecular complexity index is 436. The lowest BCUT2D eigenvalue weighted by atomic mass is 10.2. The van der Waals surface area contributed by atoms with Crippen LogP contribution in [-0.4, -0.2) is 33.0 Å². The molecule has 0 atom stereocenters. The Morgan fingerprint density at radius 2 is 2.27 bits per heavy atom. The number of fused-ring (bicyclic) bond motifs is 1. The summed E-state index contributed by atoms with van der Waals surface area (Å²) in [6.45, 7) is 3.07. The van der Waals surface area contributed by atoms with E-state index in [1.807, 2.05) is 0 Å². The number of nitrogens with zero attached hydrogens (tertiary/aromatic N) is 2. The van der Waals surface area contributed by atoms with Gasteiger partial charge in [0.15, 0.2) is 11.5 Å². The van der Waals surface area contributed by atoms with E-state index < -0.39 is 5.97 Å². The largest absolute Gasteiger partial charge is 0.477 e. The first kappa shape index (κ1) is 9.85. The molecule has 0 amide bonds. The summed E-state index contributed by atoms with van der Waals surface area (Å²) in [6.07, 6.45) is 0. The van der Waals surface area contributed by atoms with Gasteiger partial charge in [0.05, 0.1) is 6.54 Å². The number of rotatable bonds is 2. The molecule has 0 saturated carbocycles. The van der Waals surface area contributed by atoms with E-state index in [2.05, 4.69) is 10.3 Å². The van der Waals surface area contributed by atoms with Gasteiger partial charge < -0.3 is 15.0 Å². The zero-order valence-electron chi connectivity index (χ0n) is 8.28. The maximum atomic E-state index is 11.2. The second kappa shape index (κ2) is 3.47. The smallest absolute Gasteiger partial charge is 0.354 e. The van der Waals surface area contributed by atoms with Crippen LogP contribution in [0.4, 0.5) is 0 Å². The van der Waals surface area contributed by atoms with Gasteiger partial charge in [0.2, 0.25) is 0 Å². The van der Waals surface area contributed by atoms with Crippen molar-refractivity contribution in [3.63, 3.8) is 0 Å². The summed E-state index contributed by atoms with van der Waals surface area (Å²) in [6, 6.07) is 0. The van der Waals surface area contributed by atoms with Gasteiger partial charge in [0, 0.05) is 20.0 Å². The van der Waals surface area contributed by atoms with E-state index in [9.17, 15) is 9.59 Å². The summed E-state index contributed by atoms with van der Waals surface area (Å²) in [5.41, 5.74) is 0.0696. The molecule has 0 fully saturated rings. The Morgan fingerprint density at radius 1 is 1.53 bits per heavy atom. The molecule has 80 valence electrons. The zero-order valence-corrected chi connectivity index (χ0v) is 8.28. The van der Waals surface area contributed by atoms with E-state index in [0.29, 0.717) is 25.5 Å². The Kier molecular flexibility index (Phi) is 2.28. The molecule has 6 nitrogen and oxygen atoms in total. The Balaban J connectivity index is 2.61. The second-order valence-corrected chi connectivity index (χ2v) is 3.41. The summed E-state index contributed by atoms with van der Waals surface area (Å²) < 4.78 is 1.59. The highest BCUT2D eigenvalue weighted by atomic mass is 16.4. The molecule has 0 aliphatic carbocycles. The Morgan fingerprint density at radius 3 is 2.87 bits per heavy atom. The SMILES string of the molecule is CC(=O)c1nc2n(c1C(=O)O)CCNC2. The van der Waals surface area contributed by atoms with Gasteiger partial charge in [-0.15, -0.1) is 0 Å². The van der Waals surface area contributed by atoms with Gasteiger partial charge >= 0.3 is 5.97 Å². The molecule has 0 spiro atoms. The third-order valence-electron chi connectivity index (χ3n) is 2.38. The van der Waals surface area contributed by atoms with Gasteiger partial charge in [0.25, 0.3) is 0 Å². The Hall–Kier alpha value is -1.69. The molecule has 1 aliphatic heterocycles. The van der Waals surface area contributed by atoms with Gasteiger partial charge in [-0.25, -0.2) is 9.78 Å². The van der Waals surface area contributed by atoms with Crippen molar-refractivity contribution in [3.05, 3.63) is 17.2 Å². The van der Waals surface area contributed by atoms with Gasteiger partial charge in [-0.1, -0.05) is 0 Å². The first-order valence-electron chi connectivity index (χ1n) is 4.65. The lowest BCUT2D eigenvalue weighted by Gasteiger charge is -2.15. The van der Waals surface area contributed by atoms with Gasteiger partial charge in [-0.05, 0) is 0 Å². The molecule has 1 aliphatic rings. The minimum absolute atomic E-state index is 0.0130. The van der Waals surface area contributed by atoms with E-state index in [4.69, 9.17) is 5.11 Å². The molecule has 2 heterocycles. The quantitative estimate of drug-likeness (QED) is 0.664. The highest BCUT2D eigenvalue weighted by molar-refractivity contribution is 6.02. The highest BCUT2D eigenvalue weighted by Gasteiger charge is 2.26. The highest BCUT2D eigenvalue weighted by Crippen LogP contribution is 2.15. The van der Waals surface area contributed by atoms with Crippen molar-refractivity contribution in [1.82, 2.24) is 14.9 Å². The van der Waals surface area contributed by atoms with E-state index >= 15 is 0 Å². The molecule has 1 aromatic heterocycles. The van der Waals surface area contributed by atoms with Crippen LogP contribution in [0, 0.1) is 0 Å². The van der Waals surface area contributed by atoms with E-state index in [1.165, 1.54) is 6.92 Å². The summed E-state index contributed by atoms with van der Waals surface area (Å²) >= 11 is 0. The molecule has 6 heteroatoms. The van der Waals surface area contributed by atoms with Crippen LogP contribution in [0.2, 0.25) is 0 Å². The van der Waals surface area contributed by atoms with Gasteiger partial charge in [0.1, 0.15) is 11.5 Å². The first-order chi connectivity index (χ1) is 7.11. The number of carbonyl (C=O) groups is 2. The molecular weight excluding hydrogens is 198 g/mol. The molecule has 0 aromatic carbocycles. The monoisotopic (exact) mass is 209 g/mol. The fourth-order valence-electron chi connectivity index (χ4n) is 1.73. The fraction of sp³-hybridized carbons (Fsp3) is 0.444. The van der Waals surface area contributed by atoms with Crippen LogP contribution < -0.4 is 5.32 Å². The van der Waals surface area contributed by atoms with Crippen LogP contribution in [0.5, 0.6) is 0 Å². The van der Waals surface area contributed by atoms with Crippen molar-refractivity contribution in [2.24, 2.45) is 0 Å². The normalized spacial score (nSPS) is 14.7. The van der Waals surface area contributed by atoms with Crippen molar-refractivity contribution in [1.29, 1.82) is 0 Å². The lowest BCUT2D eigenvalue weighted by Crippen LogP contribution is -2.29. The number of carboxylic acids is 1. The molecule has 1 aromatic rings. The second-order valence-electron chi connectivity index (χ2n) is 3.41. The van der Waals surface area contributed by atoms with Crippen LogP contribution in [-0.2, 0) is 13.1 Å². The number of aromatic carboxylic acids is 1. The average molecular weight is 209 g/mol. The number of hydrogen-bond donors (Lipinski definition) is 2. The maximum absolute atomic E-state index is 11.2. The number of aromatic nitrogens is 2. The summed E-state index contributed by atoms with van der Waals surface area (Å²) in [7, 11) is 0. The standard InChI is InChI=1S/C9H11N3O3/c1-5(13)7-8(9(14)15)12-3-2-10-4-6(12)11-7/h10H,2-4H2,1H3,(H,14,15). The minimum atomic E-state index is -1.10. The molecule has 2 N–H and O–H groups in total. The van der Waals surface area contributed by atoms with Crippen molar-refractivity contribution >= 4 is 11.8 Å². The molecule has 2 rings (SSSR count).